The molecular formula is C16H34O6S. The maximum atomic E-state index is 11.1. The second-order valence-electron chi connectivity index (χ2n) is 7.52. The summed E-state index contributed by atoms with van der Waals surface area (Å²) in [4.78, 5) is 21.2. The van der Waals surface area contributed by atoms with Gasteiger partial charge in [0.15, 0.2) is 0 Å². The lowest BCUT2D eigenvalue weighted by atomic mass is 9.88. The van der Waals surface area contributed by atoms with Crippen molar-refractivity contribution in [3.63, 3.8) is 0 Å². The zero-order valence-electron chi connectivity index (χ0n) is 14.5. The minimum atomic E-state index is -3.75. The number of rotatable bonds is 6. The van der Waals surface area contributed by atoms with Gasteiger partial charge in [0.1, 0.15) is 5.78 Å². The fraction of sp³-hybridized carbons (Fsp3) is 0.875. The molecule has 2 N–H and O–H groups in total. The van der Waals surface area contributed by atoms with Crippen LogP contribution in [-0.2, 0) is 19.7 Å². The highest BCUT2D eigenvalue weighted by molar-refractivity contribution is 7.85. The molecule has 0 saturated carbocycles. The molecule has 0 aliphatic carbocycles. The number of carbonyl (C=O) groups is 2. The van der Waals surface area contributed by atoms with Crippen LogP contribution in [0.5, 0.6) is 0 Å². The van der Waals surface area contributed by atoms with Crippen molar-refractivity contribution in [2.45, 2.75) is 74.7 Å². The van der Waals surface area contributed by atoms with Crippen molar-refractivity contribution in [2.75, 3.05) is 5.75 Å². The molecule has 7 heteroatoms. The third-order valence-electron chi connectivity index (χ3n) is 2.73. The second kappa shape index (κ2) is 10.8. The number of carbonyl (C=O) groups excluding carboxylic acids is 1. The SMILES string of the molecule is C.CC(C)(C)C(=O)CCC(=O)O.CC(C)(C)CCCS(=O)(=O)O. The third-order valence-corrected chi connectivity index (χ3v) is 3.54. The number of carboxylic acid groups (broad SMARTS) is 1. The average Bonchev–Trinajstić information content (AvgIpc) is 2.21. The van der Waals surface area contributed by atoms with E-state index in [-0.39, 0.29) is 37.2 Å². The van der Waals surface area contributed by atoms with Gasteiger partial charge >= 0.3 is 5.97 Å². The zero-order valence-corrected chi connectivity index (χ0v) is 15.3. The summed E-state index contributed by atoms with van der Waals surface area (Å²) in [6, 6.07) is 0. The Bertz CT molecular complexity index is 452. The molecule has 0 amide bonds. The Morgan fingerprint density at radius 3 is 1.65 bits per heavy atom. The summed E-state index contributed by atoms with van der Waals surface area (Å²) in [5.41, 5.74) is -0.264. The monoisotopic (exact) mass is 354 g/mol. The molecular weight excluding hydrogens is 320 g/mol. The molecule has 0 atom stereocenters. The third kappa shape index (κ3) is 23.4. The number of aliphatic carboxylic acids is 1. The number of ketones is 1. The first-order chi connectivity index (χ1) is 9.54. The second-order valence-corrected chi connectivity index (χ2v) is 9.09. The van der Waals surface area contributed by atoms with Gasteiger partial charge in [-0.05, 0) is 18.3 Å². The van der Waals surface area contributed by atoms with E-state index in [1.807, 2.05) is 20.8 Å². The average molecular weight is 355 g/mol. The van der Waals surface area contributed by atoms with Crippen LogP contribution in [0.4, 0.5) is 0 Å². The Labute approximate surface area is 141 Å². The summed E-state index contributed by atoms with van der Waals surface area (Å²) < 4.78 is 28.9. The summed E-state index contributed by atoms with van der Waals surface area (Å²) in [6.07, 6.45) is 1.42. The highest BCUT2D eigenvalue weighted by Gasteiger charge is 2.21. The lowest BCUT2D eigenvalue weighted by Gasteiger charge is -2.16. The Morgan fingerprint density at radius 1 is 0.957 bits per heavy atom. The topological polar surface area (TPSA) is 109 Å². The first kappa shape index (κ1) is 26.9. The lowest BCUT2D eigenvalue weighted by molar-refractivity contribution is -0.139. The Morgan fingerprint density at radius 2 is 1.39 bits per heavy atom. The maximum absolute atomic E-state index is 11.1. The Balaban J connectivity index is -0.000000333. The molecule has 0 aromatic carbocycles. The normalized spacial score (nSPS) is 11.8. The summed E-state index contributed by atoms with van der Waals surface area (Å²) in [5.74, 6) is -1.04. The van der Waals surface area contributed by atoms with Crippen molar-refractivity contribution in [1.29, 1.82) is 0 Å². The van der Waals surface area contributed by atoms with Crippen molar-refractivity contribution in [3.05, 3.63) is 0 Å². The molecule has 23 heavy (non-hydrogen) atoms. The van der Waals surface area contributed by atoms with Crippen molar-refractivity contribution in [2.24, 2.45) is 10.8 Å². The predicted molar refractivity (Wildman–Crippen MR) is 93.2 cm³/mol. The van der Waals surface area contributed by atoms with Gasteiger partial charge in [0.2, 0.25) is 0 Å². The summed E-state index contributed by atoms with van der Waals surface area (Å²) in [6.45, 7) is 11.5. The van der Waals surface area contributed by atoms with Gasteiger partial charge in [0.05, 0.1) is 12.2 Å². The molecule has 0 radical (unpaired) electrons. The molecule has 0 aromatic rings. The number of hydrogen-bond acceptors (Lipinski definition) is 4. The molecule has 0 aliphatic rings. The van der Waals surface area contributed by atoms with E-state index in [0.717, 1.165) is 6.42 Å². The lowest BCUT2D eigenvalue weighted by Crippen LogP contribution is -2.20. The van der Waals surface area contributed by atoms with E-state index in [9.17, 15) is 18.0 Å². The van der Waals surface area contributed by atoms with Crippen molar-refractivity contribution in [1.82, 2.24) is 0 Å². The number of Topliss-reactive ketones (excluding diaryl/α,β-unsaturated/α-hetero) is 1. The van der Waals surface area contributed by atoms with Gasteiger partial charge in [0, 0.05) is 11.8 Å². The van der Waals surface area contributed by atoms with Crippen LogP contribution in [0.1, 0.15) is 74.7 Å². The maximum Gasteiger partial charge on any atom is 0.303 e. The Hall–Kier alpha value is -0.950. The van der Waals surface area contributed by atoms with Crippen LogP contribution in [0.25, 0.3) is 0 Å². The molecule has 140 valence electrons. The highest BCUT2D eigenvalue weighted by Crippen LogP contribution is 2.20. The van der Waals surface area contributed by atoms with Crippen molar-refractivity contribution in [3.8, 4) is 0 Å². The standard InChI is InChI=1S/C8H14O3.C7H16O3S.CH4/c1-8(2,3)6(9)4-5-7(10)11;1-7(2,3)5-4-6-11(8,9)10;/h4-5H2,1-3H3,(H,10,11);4-6H2,1-3H3,(H,8,9,10);1H4. The smallest absolute Gasteiger partial charge is 0.303 e. The first-order valence-electron chi connectivity index (χ1n) is 7.25. The van der Waals surface area contributed by atoms with Crippen LogP contribution >= 0.6 is 0 Å². The zero-order chi connectivity index (χ0) is 18.2. The molecule has 6 nitrogen and oxygen atoms in total. The molecule has 0 heterocycles. The minimum absolute atomic E-state index is 0. The molecule has 0 rings (SSSR count). The van der Waals surface area contributed by atoms with Gasteiger partial charge < -0.3 is 5.11 Å². The molecule has 0 fully saturated rings. The van der Waals surface area contributed by atoms with E-state index in [1.165, 1.54) is 0 Å². The number of carboxylic acids is 1. The van der Waals surface area contributed by atoms with Crippen LogP contribution in [0, 0.1) is 10.8 Å². The van der Waals surface area contributed by atoms with Crippen LogP contribution in [0.3, 0.4) is 0 Å². The quantitative estimate of drug-likeness (QED) is 0.702. The Kier molecular flexibility index (Phi) is 12.6. The first-order valence-corrected chi connectivity index (χ1v) is 8.86. The molecule has 0 saturated heterocycles. The highest BCUT2D eigenvalue weighted by atomic mass is 32.2. The van der Waals surface area contributed by atoms with Crippen LogP contribution in [0.2, 0.25) is 0 Å². The molecule has 0 aliphatic heterocycles. The molecule has 0 spiro atoms. The van der Waals surface area contributed by atoms with Crippen LogP contribution in [0.15, 0.2) is 0 Å². The van der Waals surface area contributed by atoms with Crippen molar-refractivity contribution < 1.29 is 27.7 Å². The van der Waals surface area contributed by atoms with Gasteiger partial charge in [0.25, 0.3) is 10.1 Å². The van der Waals surface area contributed by atoms with Crippen molar-refractivity contribution >= 4 is 21.9 Å². The molecule has 0 unspecified atom stereocenters. The summed E-state index contributed by atoms with van der Waals surface area (Å²) >= 11 is 0. The summed E-state index contributed by atoms with van der Waals surface area (Å²) in [7, 11) is -3.75. The van der Waals surface area contributed by atoms with E-state index in [4.69, 9.17) is 9.66 Å². The predicted octanol–water partition coefficient (Wildman–Crippen LogP) is 3.80. The molecule has 0 aromatic heterocycles. The van der Waals surface area contributed by atoms with Crippen LogP contribution in [-0.4, -0.2) is 35.6 Å². The van der Waals surface area contributed by atoms with E-state index in [0.29, 0.717) is 6.42 Å². The van der Waals surface area contributed by atoms with E-state index < -0.39 is 21.5 Å². The van der Waals surface area contributed by atoms with Gasteiger partial charge in [-0.3, -0.25) is 14.1 Å². The fourth-order valence-corrected chi connectivity index (χ4v) is 1.89. The van der Waals surface area contributed by atoms with E-state index in [1.54, 1.807) is 20.8 Å². The largest absolute Gasteiger partial charge is 0.481 e. The summed E-state index contributed by atoms with van der Waals surface area (Å²) in [5, 5.41) is 8.28. The fourth-order valence-electron chi connectivity index (χ4n) is 1.38. The number of hydrogen-bond donors (Lipinski definition) is 2. The van der Waals surface area contributed by atoms with Gasteiger partial charge in [-0.15, -0.1) is 0 Å². The van der Waals surface area contributed by atoms with E-state index >= 15 is 0 Å². The van der Waals surface area contributed by atoms with Gasteiger partial charge in [-0.1, -0.05) is 49.0 Å². The van der Waals surface area contributed by atoms with Gasteiger partial charge in [-0.25, -0.2) is 0 Å². The minimum Gasteiger partial charge on any atom is -0.481 e. The van der Waals surface area contributed by atoms with E-state index in [2.05, 4.69) is 0 Å². The van der Waals surface area contributed by atoms with Crippen LogP contribution < -0.4 is 0 Å². The molecule has 0 bridgehead atoms. The van der Waals surface area contributed by atoms with Gasteiger partial charge in [-0.2, -0.15) is 8.42 Å².